The molecule has 1 atom stereocenters. The Balaban J connectivity index is 1.59. The SMILES string of the molecule is COc1cc2c(cc1Nc1ncnc3sc4c(c13)CC[C@@](C)(C(=O)O)C4)C=NC2. The monoisotopic (exact) mass is 408 g/mol. The Morgan fingerprint density at radius 1 is 1.34 bits per heavy atom. The summed E-state index contributed by atoms with van der Waals surface area (Å²) in [7, 11) is 1.65. The van der Waals surface area contributed by atoms with Gasteiger partial charge < -0.3 is 15.2 Å². The van der Waals surface area contributed by atoms with Crippen LogP contribution in [-0.2, 0) is 24.2 Å². The van der Waals surface area contributed by atoms with E-state index < -0.39 is 11.4 Å². The number of aromatic nitrogens is 2. The Kier molecular flexibility index (Phi) is 4.06. The van der Waals surface area contributed by atoms with E-state index in [-0.39, 0.29) is 0 Å². The normalized spacial score (nSPS) is 19.8. The number of benzene rings is 1. The predicted molar refractivity (Wildman–Crippen MR) is 113 cm³/mol. The lowest BCUT2D eigenvalue weighted by Gasteiger charge is -2.29. The van der Waals surface area contributed by atoms with Gasteiger partial charge in [-0.25, -0.2) is 9.97 Å². The molecule has 0 unspecified atom stereocenters. The van der Waals surface area contributed by atoms with Crippen LogP contribution in [0.4, 0.5) is 11.5 Å². The first-order valence-corrected chi connectivity index (χ1v) is 10.3. The number of nitrogens with zero attached hydrogens (tertiary/aromatic N) is 3. The smallest absolute Gasteiger partial charge is 0.309 e. The number of anilines is 2. The quantitative estimate of drug-likeness (QED) is 0.678. The highest BCUT2D eigenvalue weighted by molar-refractivity contribution is 7.19. The Hall–Kier alpha value is -3.00. The second-order valence-electron chi connectivity index (χ2n) is 7.79. The molecule has 1 aliphatic carbocycles. The minimum absolute atomic E-state index is 0.525. The van der Waals surface area contributed by atoms with Crippen LogP contribution < -0.4 is 10.1 Å². The molecular formula is C21H20N4O3S. The van der Waals surface area contributed by atoms with Crippen LogP contribution in [0, 0.1) is 5.41 Å². The van der Waals surface area contributed by atoms with Crippen LogP contribution >= 0.6 is 11.3 Å². The number of aryl methyl sites for hydroxylation is 1. The molecule has 0 saturated carbocycles. The van der Waals surface area contributed by atoms with Crippen molar-refractivity contribution in [2.75, 3.05) is 12.4 Å². The van der Waals surface area contributed by atoms with Crippen LogP contribution in [0.1, 0.15) is 34.9 Å². The first-order valence-electron chi connectivity index (χ1n) is 9.45. The number of ether oxygens (including phenoxy) is 1. The van der Waals surface area contributed by atoms with Gasteiger partial charge in [0.2, 0.25) is 0 Å². The fourth-order valence-corrected chi connectivity index (χ4v) is 5.47. The fourth-order valence-electron chi connectivity index (χ4n) is 4.10. The zero-order valence-electron chi connectivity index (χ0n) is 16.2. The van der Waals surface area contributed by atoms with Gasteiger partial charge in [0, 0.05) is 11.1 Å². The van der Waals surface area contributed by atoms with Crippen molar-refractivity contribution in [3.63, 3.8) is 0 Å². The van der Waals surface area contributed by atoms with Gasteiger partial charge in [-0.15, -0.1) is 11.3 Å². The second-order valence-corrected chi connectivity index (χ2v) is 8.88. The summed E-state index contributed by atoms with van der Waals surface area (Å²) in [6.07, 6.45) is 5.25. The third-order valence-electron chi connectivity index (χ3n) is 5.87. The number of hydrogen-bond donors (Lipinski definition) is 2. The van der Waals surface area contributed by atoms with Gasteiger partial charge in [0.15, 0.2) is 0 Å². The van der Waals surface area contributed by atoms with E-state index in [0.29, 0.717) is 25.8 Å². The van der Waals surface area contributed by atoms with Crippen molar-refractivity contribution in [3.8, 4) is 5.75 Å². The predicted octanol–water partition coefficient (Wildman–Crippen LogP) is 3.96. The van der Waals surface area contributed by atoms with E-state index in [1.165, 1.54) is 0 Å². The van der Waals surface area contributed by atoms with Gasteiger partial charge in [0.1, 0.15) is 22.7 Å². The van der Waals surface area contributed by atoms with Crippen molar-refractivity contribution < 1.29 is 14.6 Å². The number of methoxy groups -OCH3 is 1. The standard InChI is InChI=1S/C21H20N4O3S/c1-21(20(26)27)4-3-13-16(7-21)29-19-17(13)18(23-10-24-19)25-14-5-11-8-22-9-12(11)6-15(14)28-2/h5-6,8,10H,3-4,7,9H2,1-2H3,(H,26,27)(H,23,24,25)/t21-/m1/s1. The number of carbonyl (C=O) groups is 1. The van der Waals surface area contributed by atoms with E-state index in [1.54, 1.807) is 24.8 Å². The molecule has 3 heterocycles. The van der Waals surface area contributed by atoms with Crippen LogP contribution in [0.15, 0.2) is 23.5 Å². The molecule has 148 valence electrons. The van der Waals surface area contributed by atoms with Crippen molar-refractivity contribution >= 4 is 45.2 Å². The molecule has 7 nitrogen and oxygen atoms in total. The fraction of sp³-hybridized carbons (Fsp3) is 0.333. The van der Waals surface area contributed by atoms with E-state index in [1.807, 2.05) is 25.3 Å². The van der Waals surface area contributed by atoms with Crippen molar-refractivity contribution in [2.45, 2.75) is 32.7 Å². The summed E-state index contributed by atoms with van der Waals surface area (Å²) in [6, 6.07) is 4.03. The molecule has 2 aliphatic rings. The van der Waals surface area contributed by atoms with Crippen molar-refractivity contribution in [1.29, 1.82) is 0 Å². The molecule has 1 aromatic carbocycles. The lowest BCUT2D eigenvalue weighted by molar-refractivity contribution is -0.148. The maximum atomic E-state index is 11.7. The average molecular weight is 408 g/mol. The topological polar surface area (TPSA) is 96.7 Å². The van der Waals surface area contributed by atoms with Gasteiger partial charge in [-0.3, -0.25) is 9.79 Å². The number of fused-ring (bicyclic) bond motifs is 4. The van der Waals surface area contributed by atoms with E-state index in [0.717, 1.165) is 49.0 Å². The van der Waals surface area contributed by atoms with Gasteiger partial charge >= 0.3 is 5.97 Å². The number of carboxylic acid groups (broad SMARTS) is 1. The largest absolute Gasteiger partial charge is 0.495 e. The van der Waals surface area contributed by atoms with E-state index in [9.17, 15) is 9.90 Å². The van der Waals surface area contributed by atoms with Crippen molar-refractivity contribution in [2.24, 2.45) is 10.4 Å². The number of rotatable bonds is 4. The van der Waals surface area contributed by atoms with E-state index in [4.69, 9.17) is 4.74 Å². The minimum atomic E-state index is -0.741. The molecule has 3 aromatic rings. The van der Waals surface area contributed by atoms with Crippen LogP contribution in [0.5, 0.6) is 5.75 Å². The maximum absolute atomic E-state index is 11.7. The van der Waals surface area contributed by atoms with Crippen molar-refractivity contribution in [1.82, 2.24) is 9.97 Å². The minimum Gasteiger partial charge on any atom is -0.495 e. The molecule has 0 fully saturated rings. The zero-order chi connectivity index (χ0) is 20.2. The number of aliphatic imine (C=N–C) groups is 1. The summed E-state index contributed by atoms with van der Waals surface area (Å²) in [5.74, 6) is 0.720. The lowest BCUT2D eigenvalue weighted by atomic mass is 9.75. The van der Waals surface area contributed by atoms with Gasteiger partial charge in [-0.1, -0.05) is 0 Å². The molecule has 5 rings (SSSR count). The first kappa shape index (κ1) is 18.1. The average Bonchev–Trinajstić information content (AvgIpc) is 3.30. The number of nitrogens with one attached hydrogen (secondary N) is 1. The Bertz CT molecular complexity index is 1190. The first-order chi connectivity index (χ1) is 14.0. The second kappa shape index (κ2) is 6.52. The van der Waals surface area contributed by atoms with E-state index in [2.05, 4.69) is 20.3 Å². The Morgan fingerprint density at radius 3 is 3.00 bits per heavy atom. The third kappa shape index (κ3) is 2.86. The van der Waals surface area contributed by atoms with Gasteiger partial charge in [0.05, 0.1) is 30.1 Å². The number of hydrogen-bond acceptors (Lipinski definition) is 7. The van der Waals surface area contributed by atoms with Crippen LogP contribution in [0.2, 0.25) is 0 Å². The van der Waals surface area contributed by atoms with Crippen LogP contribution in [-0.4, -0.2) is 34.4 Å². The number of aliphatic carboxylic acids is 1. The van der Waals surface area contributed by atoms with Gasteiger partial charge in [-0.2, -0.15) is 0 Å². The number of thiophene rings is 1. The van der Waals surface area contributed by atoms with Crippen LogP contribution in [0.3, 0.4) is 0 Å². The number of carboxylic acids is 1. The molecule has 2 N–H and O–H groups in total. The molecule has 0 radical (unpaired) electrons. The molecular weight excluding hydrogens is 388 g/mol. The molecule has 8 heteroatoms. The summed E-state index contributed by atoms with van der Waals surface area (Å²) in [5, 5.41) is 14.0. The maximum Gasteiger partial charge on any atom is 0.309 e. The lowest BCUT2D eigenvalue weighted by Crippen LogP contribution is -2.33. The third-order valence-corrected chi connectivity index (χ3v) is 7.01. The molecule has 2 aromatic heterocycles. The van der Waals surface area contributed by atoms with Crippen molar-refractivity contribution in [3.05, 3.63) is 40.0 Å². The van der Waals surface area contributed by atoms with Gasteiger partial charge in [0.25, 0.3) is 0 Å². The highest BCUT2D eigenvalue weighted by Gasteiger charge is 2.39. The summed E-state index contributed by atoms with van der Waals surface area (Å²) in [5.41, 5.74) is 3.47. The van der Waals surface area contributed by atoms with Crippen LogP contribution in [0.25, 0.3) is 10.2 Å². The summed E-state index contributed by atoms with van der Waals surface area (Å²) >= 11 is 1.57. The molecule has 29 heavy (non-hydrogen) atoms. The van der Waals surface area contributed by atoms with E-state index >= 15 is 0 Å². The molecule has 0 bridgehead atoms. The zero-order valence-corrected chi connectivity index (χ0v) is 17.0. The Labute approximate surface area is 171 Å². The summed E-state index contributed by atoms with van der Waals surface area (Å²) < 4.78 is 5.58. The summed E-state index contributed by atoms with van der Waals surface area (Å²) in [4.78, 5) is 27.0. The molecule has 0 saturated heterocycles. The molecule has 0 spiro atoms. The molecule has 0 amide bonds. The van der Waals surface area contributed by atoms with Gasteiger partial charge in [-0.05, 0) is 55.0 Å². The molecule has 1 aliphatic heterocycles. The summed E-state index contributed by atoms with van der Waals surface area (Å²) in [6.45, 7) is 2.49. The highest BCUT2D eigenvalue weighted by atomic mass is 32.1. The Morgan fingerprint density at radius 2 is 2.21 bits per heavy atom. The highest BCUT2D eigenvalue weighted by Crippen LogP contribution is 2.45.